The molecule has 1 aromatic carbocycles. The Morgan fingerprint density at radius 3 is 2.62 bits per heavy atom. The van der Waals surface area contributed by atoms with E-state index in [1.54, 1.807) is 7.11 Å². The van der Waals surface area contributed by atoms with Crippen molar-refractivity contribution < 1.29 is 4.74 Å². The maximum absolute atomic E-state index is 5.58. The van der Waals surface area contributed by atoms with Gasteiger partial charge in [0.2, 0.25) is 0 Å². The molecule has 0 aliphatic rings. The number of hydrogen-bond acceptors (Lipinski definition) is 2. The highest BCUT2D eigenvalue weighted by atomic mass is 16.5. The molecule has 0 spiro atoms. The van der Waals surface area contributed by atoms with Crippen molar-refractivity contribution in [2.75, 3.05) is 14.2 Å². The Bertz CT molecular complexity index is 311. The lowest BCUT2D eigenvalue weighted by atomic mass is 9.97. The fourth-order valence-corrected chi connectivity index (χ4v) is 2.14. The van der Waals surface area contributed by atoms with Crippen LogP contribution in [0.4, 0.5) is 0 Å². The van der Waals surface area contributed by atoms with Gasteiger partial charge in [-0.3, -0.25) is 0 Å². The molecule has 0 bridgehead atoms. The zero-order chi connectivity index (χ0) is 12.0. The van der Waals surface area contributed by atoms with E-state index in [0.29, 0.717) is 0 Å². The summed E-state index contributed by atoms with van der Waals surface area (Å²) in [5.41, 5.74) is 2.60. The summed E-state index contributed by atoms with van der Waals surface area (Å²) in [6.45, 7) is 4.31. The standard InChI is InChI=1S/C14H23NO/c1-5-7-13(16-4)14(15-3)12-9-6-8-11(2)10-12/h6,8-10,13-15H,5,7H2,1-4H3. The van der Waals surface area contributed by atoms with E-state index in [0.717, 1.165) is 12.8 Å². The quantitative estimate of drug-likeness (QED) is 0.797. The third-order valence-corrected chi connectivity index (χ3v) is 2.96. The third-order valence-electron chi connectivity index (χ3n) is 2.96. The van der Waals surface area contributed by atoms with Crippen LogP contribution in [-0.2, 0) is 4.74 Å². The summed E-state index contributed by atoms with van der Waals surface area (Å²) in [4.78, 5) is 0. The molecule has 0 saturated heterocycles. The molecule has 2 nitrogen and oxygen atoms in total. The highest BCUT2D eigenvalue weighted by Gasteiger charge is 2.20. The summed E-state index contributed by atoms with van der Waals surface area (Å²) < 4.78 is 5.58. The average molecular weight is 221 g/mol. The van der Waals surface area contributed by atoms with E-state index in [2.05, 4.69) is 43.4 Å². The molecule has 0 radical (unpaired) electrons. The van der Waals surface area contributed by atoms with E-state index in [1.807, 2.05) is 7.05 Å². The van der Waals surface area contributed by atoms with E-state index in [9.17, 15) is 0 Å². The van der Waals surface area contributed by atoms with E-state index < -0.39 is 0 Å². The van der Waals surface area contributed by atoms with Gasteiger partial charge in [0, 0.05) is 7.11 Å². The molecular formula is C14H23NO. The molecule has 0 aromatic heterocycles. The van der Waals surface area contributed by atoms with Crippen molar-refractivity contribution in [3.8, 4) is 0 Å². The molecule has 2 heteroatoms. The molecule has 0 fully saturated rings. The van der Waals surface area contributed by atoms with Crippen molar-refractivity contribution in [2.45, 2.75) is 38.8 Å². The summed E-state index contributed by atoms with van der Waals surface area (Å²) in [6.07, 6.45) is 2.47. The first-order valence-corrected chi connectivity index (χ1v) is 5.99. The van der Waals surface area contributed by atoms with Crippen LogP contribution in [0.3, 0.4) is 0 Å². The van der Waals surface area contributed by atoms with Gasteiger partial charge in [0.25, 0.3) is 0 Å². The molecule has 16 heavy (non-hydrogen) atoms. The lowest BCUT2D eigenvalue weighted by molar-refractivity contribution is 0.0630. The van der Waals surface area contributed by atoms with Crippen molar-refractivity contribution in [3.05, 3.63) is 35.4 Å². The van der Waals surface area contributed by atoms with Crippen LogP contribution in [0.25, 0.3) is 0 Å². The Morgan fingerprint density at radius 2 is 2.12 bits per heavy atom. The van der Waals surface area contributed by atoms with Gasteiger partial charge in [-0.05, 0) is 26.0 Å². The highest BCUT2D eigenvalue weighted by Crippen LogP contribution is 2.22. The second-order valence-electron chi connectivity index (χ2n) is 4.24. The Balaban J connectivity index is 2.87. The molecule has 1 aromatic rings. The minimum atomic E-state index is 0.247. The number of nitrogens with one attached hydrogen (secondary N) is 1. The molecule has 2 unspecified atom stereocenters. The van der Waals surface area contributed by atoms with Gasteiger partial charge in [-0.15, -0.1) is 0 Å². The minimum Gasteiger partial charge on any atom is -0.379 e. The smallest absolute Gasteiger partial charge is 0.0765 e. The second kappa shape index (κ2) is 6.66. The summed E-state index contributed by atoms with van der Waals surface area (Å²) >= 11 is 0. The zero-order valence-corrected chi connectivity index (χ0v) is 10.8. The minimum absolute atomic E-state index is 0.247. The Morgan fingerprint density at radius 1 is 1.38 bits per heavy atom. The molecule has 0 aliphatic carbocycles. The van der Waals surface area contributed by atoms with Crippen molar-refractivity contribution in [3.63, 3.8) is 0 Å². The van der Waals surface area contributed by atoms with Gasteiger partial charge in [-0.25, -0.2) is 0 Å². The van der Waals surface area contributed by atoms with Crippen LogP contribution < -0.4 is 5.32 Å². The van der Waals surface area contributed by atoms with E-state index in [4.69, 9.17) is 4.74 Å². The highest BCUT2D eigenvalue weighted by molar-refractivity contribution is 5.25. The number of likely N-dealkylation sites (N-methyl/N-ethyl adjacent to an activating group) is 1. The average Bonchev–Trinajstić information content (AvgIpc) is 2.29. The van der Waals surface area contributed by atoms with E-state index in [1.165, 1.54) is 11.1 Å². The van der Waals surface area contributed by atoms with Gasteiger partial charge < -0.3 is 10.1 Å². The first kappa shape index (κ1) is 13.2. The van der Waals surface area contributed by atoms with Crippen molar-refractivity contribution in [2.24, 2.45) is 0 Å². The normalized spacial score (nSPS) is 14.8. The largest absolute Gasteiger partial charge is 0.379 e. The van der Waals surface area contributed by atoms with E-state index >= 15 is 0 Å². The zero-order valence-electron chi connectivity index (χ0n) is 10.8. The summed E-state index contributed by atoms with van der Waals surface area (Å²) in [7, 11) is 3.79. The molecule has 0 heterocycles. The van der Waals surface area contributed by atoms with Crippen molar-refractivity contribution in [1.29, 1.82) is 0 Å². The van der Waals surface area contributed by atoms with Gasteiger partial charge in [0.15, 0.2) is 0 Å². The number of ether oxygens (including phenoxy) is 1. The fourth-order valence-electron chi connectivity index (χ4n) is 2.14. The van der Waals surface area contributed by atoms with Crippen molar-refractivity contribution >= 4 is 0 Å². The number of hydrogen-bond donors (Lipinski definition) is 1. The molecule has 0 aliphatic heterocycles. The summed E-state index contributed by atoms with van der Waals surface area (Å²) in [6, 6.07) is 8.90. The van der Waals surface area contributed by atoms with Crippen molar-refractivity contribution in [1.82, 2.24) is 5.32 Å². The summed E-state index contributed by atoms with van der Waals surface area (Å²) in [5, 5.41) is 3.36. The van der Waals surface area contributed by atoms with Gasteiger partial charge >= 0.3 is 0 Å². The predicted octanol–water partition coefficient (Wildman–Crippen LogP) is 3.07. The van der Waals surface area contributed by atoms with Crippen LogP contribution in [0.5, 0.6) is 0 Å². The molecular weight excluding hydrogens is 198 g/mol. The molecule has 1 rings (SSSR count). The monoisotopic (exact) mass is 221 g/mol. The Labute approximate surface area is 99.0 Å². The van der Waals surface area contributed by atoms with Gasteiger partial charge in [-0.1, -0.05) is 43.2 Å². The van der Waals surface area contributed by atoms with Gasteiger partial charge in [0.1, 0.15) is 0 Å². The SMILES string of the molecule is CCCC(OC)C(NC)c1cccc(C)c1. The maximum Gasteiger partial charge on any atom is 0.0765 e. The lowest BCUT2D eigenvalue weighted by Crippen LogP contribution is -2.30. The fraction of sp³-hybridized carbons (Fsp3) is 0.571. The van der Waals surface area contributed by atoms with Crippen LogP contribution in [0.2, 0.25) is 0 Å². The first-order valence-electron chi connectivity index (χ1n) is 5.99. The number of methoxy groups -OCH3 is 1. The first-order chi connectivity index (χ1) is 7.72. The van der Waals surface area contributed by atoms with Gasteiger partial charge in [0.05, 0.1) is 12.1 Å². The summed E-state index contributed by atoms with van der Waals surface area (Å²) in [5.74, 6) is 0. The molecule has 0 amide bonds. The molecule has 1 N–H and O–H groups in total. The second-order valence-corrected chi connectivity index (χ2v) is 4.24. The third kappa shape index (κ3) is 3.32. The van der Waals surface area contributed by atoms with Crippen LogP contribution in [-0.4, -0.2) is 20.3 Å². The van der Waals surface area contributed by atoms with Gasteiger partial charge in [-0.2, -0.15) is 0 Å². The van der Waals surface area contributed by atoms with E-state index in [-0.39, 0.29) is 12.1 Å². The van der Waals surface area contributed by atoms with Crippen LogP contribution in [0.1, 0.15) is 36.9 Å². The van der Waals surface area contributed by atoms with Crippen LogP contribution in [0, 0.1) is 6.92 Å². The Kier molecular flexibility index (Phi) is 5.50. The number of aryl methyl sites for hydroxylation is 1. The predicted molar refractivity (Wildman–Crippen MR) is 68.7 cm³/mol. The maximum atomic E-state index is 5.58. The molecule has 0 saturated carbocycles. The number of benzene rings is 1. The lowest BCUT2D eigenvalue weighted by Gasteiger charge is -2.26. The molecule has 90 valence electrons. The molecule has 2 atom stereocenters. The van der Waals surface area contributed by atoms with Crippen LogP contribution in [0.15, 0.2) is 24.3 Å². The topological polar surface area (TPSA) is 21.3 Å². The van der Waals surface area contributed by atoms with Crippen LogP contribution >= 0.6 is 0 Å². The number of rotatable bonds is 6. The Hall–Kier alpha value is -0.860.